The molecule has 9 aromatic rings. The summed E-state index contributed by atoms with van der Waals surface area (Å²) in [6.45, 7) is 0. The molecule has 3 heterocycles. The van der Waals surface area contributed by atoms with Gasteiger partial charge in [0.1, 0.15) is 4.83 Å². The lowest BCUT2D eigenvalue weighted by Crippen LogP contribution is -1.96. The molecule has 0 spiro atoms. The molecule has 0 radical (unpaired) electrons. The molecule has 6 aromatic carbocycles. The Morgan fingerprint density at radius 1 is 0.413 bits per heavy atom. The Bertz CT molecular complexity index is 2530. The Morgan fingerprint density at radius 2 is 0.957 bits per heavy atom. The first kappa shape index (κ1) is 26.6. The summed E-state index contributed by atoms with van der Waals surface area (Å²) in [5, 5.41) is 1.25. The maximum atomic E-state index is 5.15. The van der Waals surface area contributed by atoms with Gasteiger partial charge in [0.05, 0.1) is 27.1 Å². The quantitative estimate of drug-likeness (QED) is 0.195. The highest BCUT2D eigenvalue weighted by Crippen LogP contribution is 2.43. The third-order valence-corrected chi connectivity index (χ3v) is 9.76. The van der Waals surface area contributed by atoms with Crippen molar-refractivity contribution in [2.75, 3.05) is 0 Å². The second kappa shape index (κ2) is 11.0. The van der Waals surface area contributed by atoms with Gasteiger partial charge in [-0.1, -0.05) is 127 Å². The van der Waals surface area contributed by atoms with E-state index in [4.69, 9.17) is 9.97 Å². The number of aromatic nitrogens is 3. The Morgan fingerprint density at radius 3 is 1.70 bits per heavy atom. The SMILES string of the molecule is c1ccc(-c2cccc(-c3cc(-c4cccc(-c5c6ccccc6n6c5sc5ccccc56)c4)nc(-c4ccccc4)n3)c2)cc1. The van der Waals surface area contributed by atoms with Crippen molar-refractivity contribution in [1.82, 2.24) is 14.4 Å². The summed E-state index contributed by atoms with van der Waals surface area (Å²) >= 11 is 1.85. The summed E-state index contributed by atoms with van der Waals surface area (Å²) in [6, 6.07) is 57.7. The van der Waals surface area contributed by atoms with Crippen LogP contribution in [0.15, 0.2) is 164 Å². The van der Waals surface area contributed by atoms with Crippen LogP contribution in [0.2, 0.25) is 0 Å². The molecule has 216 valence electrons. The molecule has 0 aliphatic heterocycles. The van der Waals surface area contributed by atoms with Gasteiger partial charge in [-0.05, 0) is 53.1 Å². The Hall–Kier alpha value is -5.84. The zero-order valence-electron chi connectivity index (χ0n) is 24.8. The number of benzene rings is 6. The molecule has 0 saturated heterocycles. The summed E-state index contributed by atoms with van der Waals surface area (Å²) in [6.07, 6.45) is 0. The van der Waals surface area contributed by atoms with Crippen molar-refractivity contribution in [3.05, 3.63) is 164 Å². The molecule has 3 nitrogen and oxygen atoms in total. The van der Waals surface area contributed by atoms with Gasteiger partial charge in [-0.25, -0.2) is 9.97 Å². The maximum Gasteiger partial charge on any atom is 0.160 e. The Kier molecular flexibility index (Phi) is 6.32. The van der Waals surface area contributed by atoms with Crippen molar-refractivity contribution in [2.45, 2.75) is 0 Å². The molecule has 0 aliphatic carbocycles. The van der Waals surface area contributed by atoms with Gasteiger partial charge in [-0.15, -0.1) is 11.3 Å². The molecule has 0 amide bonds. The number of hydrogen-bond acceptors (Lipinski definition) is 3. The summed E-state index contributed by atoms with van der Waals surface area (Å²) in [5.41, 5.74) is 12.1. The maximum absolute atomic E-state index is 5.15. The van der Waals surface area contributed by atoms with Crippen LogP contribution in [0.4, 0.5) is 0 Å². The van der Waals surface area contributed by atoms with Crippen molar-refractivity contribution >= 4 is 37.3 Å². The fraction of sp³-hybridized carbons (Fsp3) is 0. The largest absolute Gasteiger partial charge is 0.299 e. The van der Waals surface area contributed by atoms with Crippen LogP contribution in [0.1, 0.15) is 0 Å². The Labute approximate surface area is 270 Å². The average molecular weight is 606 g/mol. The topological polar surface area (TPSA) is 30.2 Å². The van der Waals surface area contributed by atoms with Crippen LogP contribution in [-0.4, -0.2) is 14.4 Å². The monoisotopic (exact) mass is 605 g/mol. The minimum absolute atomic E-state index is 0.713. The lowest BCUT2D eigenvalue weighted by atomic mass is 9.99. The molecule has 0 atom stereocenters. The van der Waals surface area contributed by atoms with E-state index in [2.05, 4.69) is 144 Å². The van der Waals surface area contributed by atoms with E-state index < -0.39 is 0 Å². The summed E-state index contributed by atoms with van der Waals surface area (Å²) in [5.74, 6) is 0.713. The average Bonchev–Trinajstić information content (AvgIpc) is 3.67. The van der Waals surface area contributed by atoms with Crippen LogP contribution in [0, 0.1) is 0 Å². The number of nitrogens with zero attached hydrogens (tertiary/aromatic N) is 3. The van der Waals surface area contributed by atoms with Crippen LogP contribution in [0.5, 0.6) is 0 Å². The van der Waals surface area contributed by atoms with Crippen molar-refractivity contribution in [1.29, 1.82) is 0 Å². The first-order valence-corrected chi connectivity index (χ1v) is 16.2. The van der Waals surface area contributed by atoms with Crippen LogP contribution < -0.4 is 0 Å². The predicted octanol–water partition coefficient (Wildman–Crippen LogP) is 11.4. The first-order chi connectivity index (χ1) is 22.8. The lowest BCUT2D eigenvalue weighted by Gasteiger charge is -2.11. The van der Waals surface area contributed by atoms with E-state index in [1.165, 1.54) is 42.6 Å². The predicted molar refractivity (Wildman–Crippen MR) is 193 cm³/mol. The number of thiazole rings is 1. The molecule has 0 saturated carbocycles. The van der Waals surface area contributed by atoms with E-state index in [-0.39, 0.29) is 0 Å². The van der Waals surface area contributed by atoms with Gasteiger partial charge in [-0.2, -0.15) is 0 Å². The normalized spacial score (nSPS) is 11.5. The fourth-order valence-electron chi connectivity index (χ4n) is 6.45. The van der Waals surface area contributed by atoms with Gasteiger partial charge in [0.25, 0.3) is 0 Å². The third-order valence-electron chi connectivity index (χ3n) is 8.61. The molecule has 0 bridgehead atoms. The van der Waals surface area contributed by atoms with E-state index in [9.17, 15) is 0 Å². The van der Waals surface area contributed by atoms with E-state index in [0.717, 1.165) is 33.6 Å². The summed E-state index contributed by atoms with van der Waals surface area (Å²) in [7, 11) is 0. The Balaban J connectivity index is 1.23. The number of para-hydroxylation sites is 2. The zero-order chi connectivity index (χ0) is 30.5. The molecule has 4 heteroatoms. The van der Waals surface area contributed by atoms with Crippen LogP contribution in [0.3, 0.4) is 0 Å². The molecule has 0 aliphatic rings. The van der Waals surface area contributed by atoms with Gasteiger partial charge < -0.3 is 0 Å². The van der Waals surface area contributed by atoms with Gasteiger partial charge in [-0.3, -0.25) is 4.40 Å². The fourth-order valence-corrected chi connectivity index (χ4v) is 7.68. The minimum Gasteiger partial charge on any atom is -0.299 e. The summed E-state index contributed by atoms with van der Waals surface area (Å²) < 4.78 is 3.69. The third kappa shape index (κ3) is 4.50. The second-order valence-corrected chi connectivity index (χ2v) is 12.5. The highest BCUT2D eigenvalue weighted by atomic mass is 32.1. The standard InChI is InChI=1S/C42H27N3S/c1-3-13-28(14-4-1)30-17-11-18-31(25-30)35-27-36(44-41(43-35)29-15-5-2-6-16-29)32-19-12-20-33(26-32)40-34-21-7-8-22-37(34)45-38-23-9-10-24-39(38)46-42(40)45/h1-27H. The molecular formula is C42H27N3S. The molecule has 0 fully saturated rings. The van der Waals surface area contributed by atoms with E-state index in [0.29, 0.717) is 5.82 Å². The smallest absolute Gasteiger partial charge is 0.160 e. The highest BCUT2D eigenvalue weighted by molar-refractivity contribution is 7.24. The highest BCUT2D eigenvalue weighted by Gasteiger charge is 2.19. The van der Waals surface area contributed by atoms with E-state index in [1.807, 2.05) is 35.6 Å². The second-order valence-electron chi connectivity index (χ2n) is 11.5. The molecular weight excluding hydrogens is 579 g/mol. The molecule has 3 aromatic heterocycles. The van der Waals surface area contributed by atoms with Crippen molar-refractivity contribution in [3.63, 3.8) is 0 Å². The van der Waals surface area contributed by atoms with Crippen molar-refractivity contribution < 1.29 is 0 Å². The zero-order valence-corrected chi connectivity index (χ0v) is 25.7. The van der Waals surface area contributed by atoms with Gasteiger partial charge >= 0.3 is 0 Å². The van der Waals surface area contributed by atoms with Gasteiger partial charge in [0.15, 0.2) is 5.82 Å². The van der Waals surface area contributed by atoms with Crippen LogP contribution in [0.25, 0.3) is 82.1 Å². The van der Waals surface area contributed by atoms with E-state index in [1.54, 1.807) is 0 Å². The number of rotatable bonds is 5. The molecule has 0 N–H and O–H groups in total. The number of hydrogen-bond donors (Lipinski definition) is 0. The first-order valence-electron chi connectivity index (χ1n) is 15.4. The lowest BCUT2D eigenvalue weighted by molar-refractivity contribution is 1.18. The van der Waals surface area contributed by atoms with Crippen LogP contribution in [-0.2, 0) is 0 Å². The number of fused-ring (bicyclic) bond motifs is 5. The van der Waals surface area contributed by atoms with Crippen molar-refractivity contribution in [3.8, 4) is 56.2 Å². The summed E-state index contributed by atoms with van der Waals surface area (Å²) in [4.78, 5) is 11.5. The molecule has 9 rings (SSSR count). The van der Waals surface area contributed by atoms with Crippen LogP contribution >= 0.6 is 11.3 Å². The van der Waals surface area contributed by atoms with E-state index >= 15 is 0 Å². The van der Waals surface area contributed by atoms with Gasteiger partial charge in [0.2, 0.25) is 0 Å². The van der Waals surface area contributed by atoms with Crippen molar-refractivity contribution in [2.24, 2.45) is 0 Å². The minimum atomic E-state index is 0.713. The molecule has 46 heavy (non-hydrogen) atoms. The van der Waals surface area contributed by atoms with Gasteiger partial charge in [0, 0.05) is 27.6 Å². The molecule has 0 unspecified atom stereocenters.